The van der Waals surface area contributed by atoms with Crippen LogP contribution >= 0.6 is 22.9 Å². The second-order valence-corrected chi connectivity index (χ2v) is 7.86. The maximum Gasteiger partial charge on any atom is 0.336 e. The van der Waals surface area contributed by atoms with Crippen LogP contribution in [0.4, 0.5) is 0 Å². The van der Waals surface area contributed by atoms with Crippen molar-refractivity contribution < 1.29 is 18.3 Å². The van der Waals surface area contributed by atoms with Crippen LogP contribution in [0.2, 0.25) is 5.02 Å². The van der Waals surface area contributed by atoms with Crippen LogP contribution in [0.1, 0.15) is 26.6 Å². The van der Waals surface area contributed by atoms with Crippen molar-refractivity contribution in [3.63, 3.8) is 0 Å². The lowest BCUT2D eigenvalue weighted by atomic mass is 10.1. The second kappa shape index (κ2) is 5.75. The van der Waals surface area contributed by atoms with Gasteiger partial charge in [0.1, 0.15) is 10.8 Å². The molecule has 0 aliphatic carbocycles. The van der Waals surface area contributed by atoms with Crippen LogP contribution in [-0.4, -0.2) is 24.5 Å². The van der Waals surface area contributed by atoms with E-state index in [0.717, 1.165) is 5.69 Å². The highest BCUT2D eigenvalue weighted by atomic mass is 35.5. The first-order chi connectivity index (χ1) is 9.70. The van der Waals surface area contributed by atoms with E-state index >= 15 is 0 Å². The zero-order valence-electron chi connectivity index (χ0n) is 11.3. The van der Waals surface area contributed by atoms with Crippen molar-refractivity contribution >= 4 is 38.7 Å². The molecular formula is C13H12ClNO4S2. The number of hydrogen-bond donors (Lipinski definition) is 1. The minimum Gasteiger partial charge on any atom is -0.478 e. The third kappa shape index (κ3) is 3.42. The predicted molar refractivity (Wildman–Crippen MR) is 80.9 cm³/mol. The summed E-state index contributed by atoms with van der Waals surface area (Å²) in [6, 6.07) is 2.52. The molecule has 112 valence electrons. The SMILES string of the molecule is Cc1csc(CS(=O)(=O)c2cc(Cl)cc(C(=O)O)c2C)n1. The molecular weight excluding hydrogens is 334 g/mol. The molecule has 21 heavy (non-hydrogen) atoms. The standard InChI is InChI=1S/C13H12ClNO4S2/c1-7-5-20-12(15-7)6-21(18,19)11-4-9(14)3-10(8(11)2)13(16)17/h3-5H,6H2,1-2H3,(H,16,17). The van der Waals surface area contributed by atoms with Gasteiger partial charge in [-0.05, 0) is 31.5 Å². The topological polar surface area (TPSA) is 84.3 Å². The zero-order chi connectivity index (χ0) is 15.8. The summed E-state index contributed by atoms with van der Waals surface area (Å²) in [6.07, 6.45) is 0. The summed E-state index contributed by atoms with van der Waals surface area (Å²) < 4.78 is 24.9. The lowest BCUT2D eigenvalue weighted by Crippen LogP contribution is -2.10. The molecule has 1 N–H and O–H groups in total. The number of nitrogens with zero attached hydrogens (tertiary/aromatic N) is 1. The third-order valence-electron chi connectivity index (χ3n) is 2.87. The second-order valence-electron chi connectivity index (χ2n) is 4.52. The molecule has 0 aliphatic rings. The Bertz CT molecular complexity index is 812. The number of hydrogen-bond acceptors (Lipinski definition) is 5. The molecule has 0 unspecified atom stereocenters. The quantitative estimate of drug-likeness (QED) is 0.920. The maximum atomic E-state index is 12.5. The lowest BCUT2D eigenvalue weighted by molar-refractivity contribution is 0.0696. The van der Waals surface area contributed by atoms with E-state index in [1.165, 1.54) is 30.4 Å². The Kier molecular flexibility index (Phi) is 4.36. The zero-order valence-corrected chi connectivity index (χ0v) is 13.6. The Balaban J connectivity index is 2.52. The average Bonchev–Trinajstić information content (AvgIpc) is 2.76. The first kappa shape index (κ1) is 15.9. The van der Waals surface area contributed by atoms with Crippen LogP contribution in [0.3, 0.4) is 0 Å². The maximum absolute atomic E-state index is 12.5. The first-order valence-corrected chi connectivity index (χ1v) is 8.79. The molecule has 0 bridgehead atoms. The molecule has 5 nitrogen and oxygen atoms in total. The number of benzene rings is 1. The summed E-state index contributed by atoms with van der Waals surface area (Å²) in [6.45, 7) is 3.24. The summed E-state index contributed by atoms with van der Waals surface area (Å²) in [5.41, 5.74) is 0.816. The Morgan fingerprint density at radius 2 is 2.05 bits per heavy atom. The van der Waals surface area contributed by atoms with E-state index in [2.05, 4.69) is 4.98 Å². The van der Waals surface area contributed by atoms with Crippen LogP contribution in [0.5, 0.6) is 0 Å². The van der Waals surface area contributed by atoms with Gasteiger partial charge in [0, 0.05) is 16.1 Å². The number of aryl methyl sites for hydroxylation is 1. The van der Waals surface area contributed by atoms with Gasteiger partial charge in [-0.3, -0.25) is 0 Å². The van der Waals surface area contributed by atoms with E-state index in [0.29, 0.717) is 5.01 Å². The highest BCUT2D eigenvalue weighted by Crippen LogP contribution is 2.27. The molecule has 2 rings (SSSR count). The van der Waals surface area contributed by atoms with Gasteiger partial charge < -0.3 is 5.11 Å². The predicted octanol–water partition coefficient (Wildman–Crippen LogP) is 3.09. The van der Waals surface area contributed by atoms with Crippen LogP contribution in [0, 0.1) is 13.8 Å². The minimum atomic E-state index is -3.71. The fourth-order valence-corrected chi connectivity index (χ4v) is 4.91. The van der Waals surface area contributed by atoms with Gasteiger partial charge in [-0.1, -0.05) is 11.6 Å². The smallest absolute Gasteiger partial charge is 0.336 e. The molecule has 0 fully saturated rings. The van der Waals surface area contributed by atoms with Crippen LogP contribution < -0.4 is 0 Å². The monoisotopic (exact) mass is 345 g/mol. The van der Waals surface area contributed by atoms with Gasteiger partial charge in [-0.2, -0.15) is 0 Å². The number of carboxylic acids is 1. The van der Waals surface area contributed by atoms with Gasteiger partial charge in [0.15, 0.2) is 9.84 Å². The van der Waals surface area contributed by atoms with E-state index in [1.54, 1.807) is 12.3 Å². The Hall–Kier alpha value is -1.44. The minimum absolute atomic E-state index is 0.0692. The number of thiazole rings is 1. The van der Waals surface area contributed by atoms with Gasteiger partial charge in [-0.15, -0.1) is 11.3 Å². The molecule has 0 radical (unpaired) electrons. The molecule has 0 saturated carbocycles. The van der Waals surface area contributed by atoms with Crippen LogP contribution in [0.15, 0.2) is 22.4 Å². The van der Waals surface area contributed by atoms with Gasteiger partial charge >= 0.3 is 5.97 Å². The van der Waals surface area contributed by atoms with E-state index in [4.69, 9.17) is 16.7 Å². The summed E-state index contributed by atoms with van der Waals surface area (Å²) in [7, 11) is -3.71. The lowest BCUT2D eigenvalue weighted by Gasteiger charge is -2.10. The highest BCUT2D eigenvalue weighted by molar-refractivity contribution is 7.90. The molecule has 0 spiro atoms. The van der Waals surface area contributed by atoms with E-state index < -0.39 is 15.8 Å². The number of carbonyl (C=O) groups is 1. The van der Waals surface area contributed by atoms with Crippen LogP contribution in [0.25, 0.3) is 0 Å². The molecule has 0 aliphatic heterocycles. The number of sulfone groups is 1. The van der Waals surface area contributed by atoms with Crippen molar-refractivity contribution in [1.29, 1.82) is 0 Å². The van der Waals surface area contributed by atoms with Gasteiger partial charge in [-0.25, -0.2) is 18.2 Å². The summed E-state index contributed by atoms with van der Waals surface area (Å²) >= 11 is 7.09. The van der Waals surface area contributed by atoms with Gasteiger partial charge in [0.25, 0.3) is 0 Å². The molecule has 0 atom stereocenters. The van der Waals surface area contributed by atoms with E-state index in [1.807, 2.05) is 0 Å². The van der Waals surface area contributed by atoms with Gasteiger partial charge in [0.05, 0.1) is 10.5 Å². The molecule has 0 amide bonds. The number of aromatic carboxylic acids is 1. The van der Waals surface area contributed by atoms with Crippen molar-refractivity contribution in [2.45, 2.75) is 24.5 Å². The van der Waals surface area contributed by atoms with E-state index in [-0.39, 0.29) is 26.8 Å². The third-order valence-corrected chi connectivity index (χ3v) is 5.99. The highest BCUT2D eigenvalue weighted by Gasteiger charge is 2.23. The number of halogens is 1. The Morgan fingerprint density at radius 1 is 1.38 bits per heavy atom. The molecule has 0 saturated heterocycles. The summed E-state index contributed by atoms with van der Waals surface area (Å²) in [4.78, 5) is 15.2. The van der Waals surface area contributed by atoms with Crippen molar-refractivity contribution in [3.8, 4) is 0 Å². The van der Waals surface area contributed by atoms with Gasteiger partial charge in [0.2, 0.25) is 0 Å². The van der Waals surface area contributed by atoms with Crippen molar-refractivity contribution in [3.05, 3.63) is 44.4 Å². The normalized spacial score (nSPS) is 11.6. The van der Waals surface area contributed by atoms with Crippen molar-refractivity contribution in [2.24, 2.45) is 0 Å². The number of carboxylic acid groups (broad SMARTS) is 1. The largest absolute Gasteiger partial charge is 0.478 e. The number of aromatic nitrogens is 1. The molecule has 8 heteroatoms. The molecule has 2 aromatic rings. The Labute approximate surface area is 131 Å². The number of rotatable bonds is 4. The Morgan fingerprint density at radius 3 is 2.57 bits per heavy atom. The summed E-state index contributed by atoms with van der Waals surface area (Å²) in [5, 5.41) is 11.4. The van der Waals surface area contributed by atoms with Crippen molar-refractivity contribution in [2.75, 3.05) is 0 Å². The fourth-order valence-electron chi connectivity index (χ4n) is 1.91. The first-order valence-electron chi connectivity index (χ1n) is 5.88. The van der Waals surface area contributed by atoms with Crippen molar-refractivity contribution in [1.82, 2.24) is 4.98 Å². The molecule has 1 heterocycles. The molecule has 1 aromatic carbocycles. The summed E-state index contributed by atoms with van der Waals surface area (Å²) in [5.74, 6) is -1.48. The molecule has 1 aromatic heterocycles. The average molecular weight is 346 g/mol. The van der Waals surface area contributed by atoms with Crippen LogP contribution in [-0.2, 0) is 15.6 Å². The fraction of sp³-hybridized carbons (Fsp3) is 0.231. The van der Waals surface area contributed by atoms with E-state index in [9.17, 15) is 13.2 Å².